The second-order valence-corrected chi connectivity index (χ2v) is 6.06. The van der Waals surface area contributed by atoms with Gasteiger partial charge >= 0.3 is 11.7 Å². The van der Waals surface area contributed by atoms with E-state index in [4.69, 9.17) is 9.84 Å². The van der Waals surface area contributed by atoms with Gasteiger partial charge in [0.1, 0.15) is 0 Å². The van der Waals surface area contributed by atoms with Crippen LogP contribution in [0.5, 0.6) is 5.75 Å². The lowest BCUT2D eigenvalue weighted by atomic mass is 9.98. The van der Waals surface area contributed by atoms with Gasteiger partial charge in [-0.05, 0) is 36.5 Å². The van der Waals surface area contributed by atoms with Crippen molar-refractivity contribution in [3.63, 3.8) is 0 Å². The Balaban J connectivity index is 2.45. The summed E-state index contributed by atoms with van der Waals surface area (Å²) in [5.41, 5.74) is 2.16. The molecule has 0 aliphatic heterocycles. The molecule has 0 saturated heterocycles. The Morgan fingerprint density at radius 1 is 1.19 bits per heavy atom. The number of nitrogens with zero attached hydrogens (tertiary/aromatic N) is 1. The molecule has 26 heavy (non-hydrogen) atoms. The van der Waals surface area contributed by atoms with E-state index < -0.39 is 10.9 Å². The summed E-state index contributed by atoms with van der Waals surface area (Å²) in [5, 5.41) is 20.4. The first-order valence-electron chi connectivity index (χ1n) is 8.74. The number of carbonyl (C=O) groups is 1. The molecule has 138 valence electrons. The molecule has 0 aliphatic rings. The van der Waals surface area contributed by atoms with Gasteiger partial charge in [-0.1, -0.05) is 43.7 Å². The van der Waals surface area contributed by atoms with Gasteiger partial charge in [0.2, 0.25) is 5.75 Å². The van der Waals surface area contributed by atoms with Gasteiger partial charge in [-0.25, -0.2) is 0 Å². The minimum atomic E-state index is -0.873. The molecule has 6 nitrogen and oxygen atoms in total. The summed E-state index contributed by atoms with van der Waals surface area (Å²) in [7, 11) is 0. The van der Waals surface area contributed by atoms with Gasteiger partial charge < -0.3 is 9.84 Å². The number of aliphatic carboxylic acids is 1. The zero-order chi connectivity index (χ0) is 18.9. The number of unbranched alkanes of at least 4 members (excludes halogenated alkanes) is 1. The maximum Gasteiger partial charge on any atom is 0.311 e. The monoisotopic (exact) mass is 357 g/mol. The number of hydrogen-bond acceptors (Lipinski definition) is 4. The molecule has 0 aromatic heterocycles. The third-order valence-electron chi connectivity index (χ3n) is 4.01. The first kappa shape index (κ1) is 19.4. The highest BCUT2D eigenvalue weighted by Gasteiger charge is 2.22. The van der Waals surface area contributed by atoms with Crippen molar-refractivity contribution in [1.82, 2.24) is 0 Å². The van der Waals surface area contributed by atoms with Crippen molar-refractivity contribution < 1.29 is 19.6 Å². The number of carboxylic acids is 1. The molecule has 0 heterocycles. The molecular formula is C20H23NO5. The number of rotatable bonds is 10. The molecule has 2 aromatic carbocycles. The average Bonchev–Trinajstić information content (AvgIpc) is 2.62. The highest BCUT2D eigenvalue weighted by molar-refractivity contribution is 5.76. The van der Waals surface area contributed by atoms with Crippen LogP contribution in [0.4, 0.5) is 5.69 Å². The second kappa shape index (κ2) is 9.56. The Morgan fingerprint density at radius 2 is 1.92 bits per heavy atom. The van der Waals surface area contributed by atoms with Crippen LogP contribution in [-0.4, -0.2) is 22.6 Å². The number of nitro groups is 1. The summed E-state index contributed by atoms with van der Waals surface area (Å²) in [6.07, 6.45) is 2.66. The fourth-order valence-electron chi connectivity index (χ4n) is 2.70. The summed E-state index contributed by atoms with van der Waals surface area (Å²) in [6, 6.07) is 12.7. The van der Waals surface area contributed by atoms with Crippen LogP contribution in [-0.2, 0) is 11.2 Å². The standard InChI is InChI=1S/C20H23NO5/c1-2-3-12-26-20-17(16-9-5-4-6-10-16)13-15(8-7-11-19(22)23)14-18(20)21(24)25/h4-6,9-10,13-14H,2-3,7-8,11-12H2,1H3,(H,22,23). The van der Waals surface area contributed by atoms with E-state index in [0.717, 1.165) is 24.0 Å². The predicted molar refractivity (Wildman–Crippen MR) is 99.5 cm³/mol. The molecule has 0 amide bonds. The maximum absolute atomic E-state index is 11.6. The lowest BCUT2D eigenvalue weighted by Crippen LogP contribution is -2.04. The van der Waals surface area contributed by atoms with Crippen molar-refractivity contribution >= 4 is 11.7 Å². The second-order valence-electron chi connectivity index (χ2n) is 6.06. The topological polar surface area (TPSA) is 89.7 Å². The molecule has 0 unspecified atom stereocenters. The van der Waals surface area contributed by atoms with Crippen molar-refractivity contribution in [3.05, 3.63) is 58.1 Å². The average molecular weight is 357 g/mol. The van der Waals surface area contributed by atoms with Crippen LogP contribution in [0.15, 0.2) is 42.5 Å². The van der Waals surface area contributed by atoms with E-state index in [1.54, 1.807) is 0 Å². The molecule has 0 fully saturated rings. The van der Waals surface area contributed by atoms with Gasteiger partial charge in [0.25, 0.3) is 0 Å². The molecule has 0 bridgehead atoms. The maximum atomic E-state index is 11.6. The van der Waals surface area contributed by atoms with Gasteiger partial charge in [0.05, 0.1) is 11.5 Å². The lowest BCUT2D eigenvalue weighted by Gasteiger charge is -2.14. The smallest absolute Gasteiger partial charge is 0.311 e. The van der Waals surface area contributed by atoms with E-state index in [1.807, 2.05) is 43.3 Å². The van der Waals surface area contributed by atoms with Gasteiger partial charge in [0.15, 0.2) is 0 Å². The Bertz CT molecular complexity index is 758. The van der Waals surface area contributed by atoms with Crippen molar-refractivity contribution in [3.8, 4) is 16.9 Å². The molecule has 2 rings (SSSR count). The van der Waals surface area contributed by atoms with E-state index >= 15 is 0 Å². The van der Waals surface area contributed by atoms with Crippen molar-refractivity contribution in [2.24, 2.45) is 0 Å². The molecule has 0 atom stereocenters. The Kier molecular flexibility index (Phi) is 7.14. The summed E-state index contributed by atoms with van der Waals surface area (Å²) in [4.78, 5) is 21.9. The fraction of sp³-hybridized carbons (Fsp3) is 0.350. The van der Waals surface area contributed by atoms with Gasteiger partial charge in [-0.15, -0.1) is 0 Å². The third-order valence-corrected chi connectivity index (χ3v) is 4.01. The van der Waals surface area contributed by atoms with Gasteiger partial charge in [0, 0.05) is 18.1 Å². The minimum Gasteiger partial charge on any atom is -0.486 e. The predicted octanol–water partition coefficient (Wildman–Crippen LogP) is 4.85. The van der Waals surface area contributed by atoms with Crippen molar-refractivity contribution in [1.29, 1.82) is 0 Å². The Morgan fingerprint density at radius 3 is 2.54 bits per heavy atom. The molecule has 0 radical (unpaired) electrons. The number of hydrogen-bond donors (Lipinski definition) is 1. The number of carboxylic acid groups (broad SMARTS) is 1. The normalized spacial score (nSPS) is 10.5. The summed E-state index contributed by atoms with van der Waals surface area (Å²) in [5.74, 6) is -0.598. The molecule has 0 spiro atoms. The molecule has 1 N–H and O–H groups in total. The van der Waals surface area contributed by atoms with Crippen LogP contribution in [0, 0.1) is 10.1 Å². The molecule has 2 aromatic rings. The third kappa shape index (κ3) is 5.31. The fourth-order valence-corrected chi connectivity index (χ4v) is 2.70. The van der Waals surface area contributed by atoms with E-state index in [0.29, 0.717) is 25.0 Å². The van der Waals surface area contributed by atoms with Crippen LogP contribution in [0.3, 0.4) is 0 Å². The van der Waals surface area contributed by atoms with E-state index in [2.05, 4.69) is 0 Å². The van der Waals surface area contributed by atoms with Crippen LogP contribution in [0.1, 0.15) is 38.2 Å². The zero-order valence-corrected chi connectivity index (χ0v) is 14.8. The largest absolute Gasteiger partial charge is 0.486 e. The highest BCUT2D eigenvalue weighted by atomic mass is 16.6. The summed E-state index contributed by atoms with van der Waals surface area (Å²) in [6.45, 7) is 2.44. The van der Waals surface area contributed by atoms with Crippen molar-refractivity contribution in [2.75, 3.05) is 6.61 Å². The van der Waals surface area contributed by atoms with E-state index in [-0.39, 0.29) is 17.9 Å². The van der Waals surface area contributed by atoms with Gasteiger partial charge in [-0.2, -0.15) is 0 Å². The first-order valence-corrected chi connectivity index (χ1v) is 8.74. The van der Waals surface area contributed by atoms with E-state index in [9.17, 15) is 14.9 Å². The molecule has 0 aliphatic carbocycles. The van der Waals surface area contributed by atoms with Crippen molar-refractivity contribution in [2.45, 2.75) is 39.0 Å². The van der Waals surface area contributed by atoms with E-state index in [1.165, 1.54) is 6.07 Å². The number of benzene rings is 2. The minimum absolute atomic E-state index is 0.0310. The van der Waals surface area contributed by atoms with Crippen LogP contribution in [0.2, 0.25) is 0 Å². The van der Waals surface area contributed by atoms with Crippen LogP contribution >= 0.6 is 0 Å². The summed E-state index contributed by atoms with van der Waals surface area (Å²) < 4.78 is 5.79. The van der Waals surface area contributed by atoms with Gasteiger partial charge in [-0.3, -0.25) is 14.9 Å². The summed E-state index contributed by atoms with van der Waals surface area (Å²) >= 11 is 0. The van der Waals surface area contributed by atoms with Crippen LogP contribution in [0.25, 0.3) is 11.1 Å². The quantitative estimate of drug-likeness (QED) is 0.373. The molecule has 6 heteroatoms. The highest BCUT2D eigenvalue weighted by Crippen LogP contribution is 2.39. The molecular weight excluding hydrogens is 334 g/mol. The number of aryl methyl sites for hydroxylation is 1. The Labute approximate surface area is 152 Å². The lowest BCUT2D eigenvalue weighted by molar-refractivity contribution is -0.385. The first-order chi connectivity index (χ1) is 12.5. The Hall–Kier alpha value is -2.89. The van der Waals surface area contributed by atoms with Crippen LogP contribution < -0.4 is 4.74 Å². The number of ether oxygens (including phenoxy) is 1. The number of nitro benzene ring substituents is 1. The molecule has 0 saturated carbocycles. The SMILES string of the molecule is CCCCOc1c(-c2ccccc2)cc(CCCC(=O)O)cc1[N+](=O)[O-]. The zero-order valence-electron chi connectivity index (χ0n) is 14.8.